The van der Waals surface area contributed by atoms with Gasteiger partial charge in [0.1, 0.15) is 0 Å². The van der Waals surface area contributed by atoms with Crippen molar-refractivity contribution >= 4 is 26.4 Å². The molecule has 0 saturated heterocycles. The van der Waals surface area contributed by atoms with Gasteiger partial charge in [-0.3, -0.25) is 0 Å². The second kappa shape index (κ2) is 5.00. The SMILES string of the molecule is CS(=O)(=O)c1ccc(-c2nc3c4ccccc4[nH]c(=O)n3n2)cc1. The number of H-pyrrole nitrogens is 1. The minimum Gasteiger partial charge on any atom is -0.305 e. The van der Waals surface area contributed by atoms with Crippen LogP contribution in [-0.4, -0.2) is 34.3 Å². The highest BCUT2D eigenvalue weighted by Crippen LogP contribution is 2.21. The monoisotopic (exact) mass is 340 g/mol. The number of sulfone groups is 1. The van der Waals surface area contributed by atoms with Crippen molar-refractivity contribution in [3.8, 4) is 11.4 Å². The van der Waals surface area contributed by atoms with Crippen molar-refractivity contribution in [2.45, 2.75) is 4.90 Å². The Bertz CT molecular complexity index is 1240. The van der Waals surface area contributed by atoms with Crippen LogP contribution in [0.1, 0.15) is 0 Å². The molecule has 8 heteroatoms. The molecule has 0 atom stereocenters. The van der Waals surface area contributed by atoms with E-state index in [1.165, 1.54) is 16.6 Å². The van der Waals surface area contributed by atoms with Gasteiger partial charge in [-0.15, -0.1) is 5.10 Å². The molecule has 4 rings (SSSR count). The minimum atomic E-state index is -3.26. The number of para-hydroxylation sites is 1. The average molecular weight is 340 g/mol. The first kappa shape index (κ1) is 14.6. The number of rotatable bonds is 2. The molecule has 2 aromatic carbocycles. The quantitative estimate of drug-likeness (QED) is 0.598. The molecule has 120 valence electrons. The summed E-state index contributed by atoms with van der Waals surface area (Å²) in [7, 11) is -3.26. The van der Waals surface area contributed by atoms with Crippen molar-refractivity contribution in [1.82, 2.24) is 19.6 Å². The Morgan fingerprint density at radius 2 is 1.75 bits per heavy atom. The van der Waals surface area contributed by atoms with Crippen LogP contribution in [-0.2, 0) is 9.84 Å². The Labute approximate surface area is 136 Å². The molecule has 0 saturated carbocycles. The van der Waals surface area contributed by atoms with E-state index in [4.69, 9.17) is 0 Å². The predicted molar refractivity (Wildman–Crippen MR) is 89.7 cm³/mol. The van der Waals surface area contributed by atoms with E-state index in [-0.39, 0.29) is 10.6 Å². The van der Waals surface area contributed by atoms with Crippen LogP contribution in [0.2, 0.25) is 0 Å². The molecular weight excluding hydrogens is 328 g/mol. The molecular formula is C16H12N4O3S. The summed E-state index contributed by atoms with van der Waals surface area (Å²) in [4.78, 5) is 19.6. The van der Waals surface area contributed by atoms with Gasteiger partial charge >= 0.3 is 5.69 Å². The number of benzene rings is 2. The molecule has 1 N–H and O–H groups in total. The van der Waals surface area contributed by atoms with Crippen molar-refractivity contribution in [3.63, 3.8) is 0 Å². The molecule has 2 heterocycles. The standard InChI is InChI=1S/C16H12N4O3S/c1-24(22,23)11-8-6-10(7-9-11)14-18-15-12-4-2-3-5-13(12)17-16(21)20(15)19-14/h2-9H,1H3,(H,17,21). The molecule has 24 heavy (non-hydrogen) atoms. The van der Waals surface area contributed by atoms with Gasteiger partial charge in [0.15, 0.2) is 21.3 Å². The zero-order valence-electron chi connectivity index (χ0n) is 12.6. The molecule has 0 aliphatic rings. The molecule has 0 aliphatic carbocycles. The maximum absolute atomic E-state index is 12.1. The first-order valence-electron chi connectivity index (χ1n) is 7.12. The van der Waals surface area contributed by atoms with Crippen LogP contribution in [0.4, 0.5) is 0 Å². The lowest BCUT2D eigenvalue weighted by Gasteiger charge is -1.98. The zero-order valence-corrected chi connectivity index (χ0v) is 13.4. The van der Waals surface area contributed by atoms with Crippen molar-refractivity contribution in [2.24, 2.45) is 0 Å². The summed E-state index contributed by atoms with van der Waals surface area (Å²) in [5.41, 5.74) is 1.39. The van der Waals surface area contributed by atoms with Crippen LogP contribution in [0.25, 0.3) is 27.9 Å². The van der Waals surface area contributed by atoms with E-state index in [2.05, 4.69) is 15.1 Å². The van der Waals surface area contributed by atoms with Gasteiger partial charge < -0.3 is 4.98 Å². The Hall–Kier alpha value is -3.00. The Balaban J connectivity index is 1.94. The molecule has 2 aromatic heterocycles. The van der Waals surface area contributed by atoms with Crippen LogP contribution >= 0.6 is 0 Å². The van der Waals surface area contributed by atoms with Gasteiger partial charge in [0.2, 0.25) is 0 Å². The van der Waals surface area contributed by atoms with Gasteiger partial charge in [-0.05, 0) is 36.4 Å². The van der Waals surface area contributed by atoms with Crippen molar-refractivity contribution in [2.75, 3.05) is 6.26 Å². The summed E-state index contributed by atoms with van der Waals surface area (Å²) in [6.07, 6.45) is 1.15. The number of nitrogens with one attached hydrogen (secondary N) is 1. The van der Waals surface area contributed by atoms with E-state index in [0.29, 0.717) is 22.6 Å². The summed E-state index contributed by atoms with van der Waals surface area (Å²) in [5, 5.41) is 5.02. The Kier molecular flexibility index (Phi) is 3.04. The summed E-state index contributed by atoms with van der Waals surface area (Å²) in [6, 6.07) is 13.6. The maximum Gasteiger partial charge on any atom is 0.348 e. The summed E-state index contributed by atoms with van der Waals surface area (Å²) < 4.78 is 24.3. The van der Waals surface area contributed by atoms with Gasteiger partial charge in [0, 0.05) is 17.2 Å². The van der Waals surface area contributed by atoms with Crippen LogP contribution in [0.15, 0.2) is 58.2 Å². The number of hydrogen-bond acceptors (Lipinski definition) is 5. The van der Waals surface area contributed by atoms with Crippen LogP contribution in [0, 0.1) is 0 Å². The number of aromatic nitrogens is 4. The lowest BCUT2D eigenvalue weighted by molar-refractivity contribution is 0.602. The van der Waals surface area contributed by atoms with Crippen molar-refractivity contribution in [1.29, 1.82) is 0 Å². The highest BCUT2D eigenvalue weighted by atomic mass is 32.2. The summed E-state index contributed by atoms with van der Waals surface area (Å²) in [6.45, 7) is 0. The third kappa shape index (κ3) is 2.28. The van der Waals surface area contributed by atoms with E-state index in [1.807, 2.05) is 18.2 Å². The van der Waals surface area contributed by atoms with E-state index in [9.17, 15) is 13.2 Å². The van der Waals surface area contributed by atoms with Gasteiger partial charge in [0.05, 0.1) is 10.4 Å². The Morgan fingerprint density at radius 3 is 2.46 bits per heavy atom. The highest BCUT2D eigenvalue weighted by molar-refractivity contribution is 7.90. The van der Waals surface area contributed by atoms with Gasteiger partial charge in [0.25, 0.3) is 0 Å². The number of fused-ring (bicyclic) bond motifs is 3. The smallest absolute Gasteiger partial charge is 0.305 e. The predicted octanol–water partition coefficient (Wildman–Crippen LogP) is 1.64. The first-order chi connectivity index (χ1) is 11.4. The number of hydrogen-bond donors (Lipinski definition) is 1. The van der Waals surface area contributed by atoms with E-state index in [1.54, 1.807) is 18.2 Å². The van der Waals surface area contributed by atoms with Crippen LogP contribution in [0.3, 0.4) is 0 Å². The van der Waals surface area contributed by atoms with Gasteiger partial charge in [-0.25, -0.2) is 18.2 Å². The molecule has 0 fully saturated rings. The average Bonchev–Trinajstić information content (AvgIpc) is 3.00. The van der Waals surface area contributed by atoms with Crippen molar-refractivity contribution in [3.05, 3.63) is 59.0 Å². The topological polar surface area (TPSA) is 97.2 Å². The largest absolute Gasteiger partial charge is 0.348 e. The van der Waals surface area contributed by atoms with Gasteiger partial charge in [-0.1, -0.05) is 12.1 Å². The maximum atomic E-state index is 12.1. The molecule has 0 amide bonds. The fraction of sp³-hybridized carbons (Fsp3) is 0.0625. The Morgan fingerprint density at radius 1 is 1.04 bits per heavy atom. The first-order valence-corrected chi connectivity index (χ1v) is 9.01. The van der Waals surface area contributed by atoms with Crippen molar-refractivity contribution < 1.29 is 8.42 Å². The minimum absolute atomic E-state index is 0.221. The molecule has 0 spiro atoms. The summed E-state index contributed by atoms with van der Waals surface area (Å²) in [5.74, 6) is 0.358. The lowest BCUT2D eigenvalue weighted by Crippen LogP contribution is -2.17. The molecule has 4 aromatic rings. The molecule has 0 bridgehead atoms. The fourth-order valence-corrected chi connectivity index (χ4v) is 3.19. The lowest BCUT2D eigenvalue weighted by atomic mass is 10.2. The number of aromatic amines is 1. The third-order valence-electron chi connectivity index (χ3n) is 3.75. The molecule has 0 aliphatic heterocycles. The number of nitrogens with zero attached hydrogens (tertiary/aromatic N) is 3. The second-order valence-corrected chi connectivity index (χ2v) is 7.46. The van der Waals surface area contributed by atoms with Gasteiger partial charge in [-0.2, -0.15) is 4.52 Å². The third-order valence-corrected chi connectivity index (χ3v) is 4.88. The molecule has 0 unspecified atom stereocenters. The fourth-order valence-electron chi connectivity index (χ4n) is 2.56. The summed E-state index contributed by atoms with van der Waals surface area (Å²) >= 11 is 0. The molecule has 7 nitrogen and oxygen atoms in total. The second-order valence-electron chi connectivity index (χ2n) is 5.44. The van der Waals surface area contributed by atoms with E-state index in [0.717, 1.165) is 11.6 Å². The molecule has 0 radical (unpaired) electrons. The normalized spacial score (nSPS) is 12.0. The highest BCUT2D eigenvalue weighted by Gasteiger charge is 2.13. The van der Waals surface area contributed by atoms with Crippen LogP contribution < -0.4 is 5.69 Å². The van der Waals surface area contributed by atoms with E-state index >= 15 is 0 Å². The zero-order chi connectivity index (χ0) is 16.9. The van der Waals surface area contributed by atoms with E-state index < -0.39 is 9.84 Å². The van der Waals surface area contributed by atoms with Crippen LogP contribution in [0.5, 0.6) is 0 Å².